The number of rotatable bonds is 11. The van der Waals surface area contributed by atoms with Crippen LogP contribution in [0, 0.1) is 0 Å². The molecular weight excluding hydrogens is 266 g/mol. The van der Waals surface area contributed by atoms with Gasteiger partial charge in [0.15, 0.2) is 0 Å². The first-order valence-corrected chi connectivity index (χ1v) is 8.73. The van der Waals surface area contributed by atoms with Crippen LogP contribution in [0.5, 0.6) is 0 Å². The maximum absolute atomic E-state index is 11.6. The molecule has 1 heterocycles. The molecule has 0 aromatic carbocycles. The lowest BCUT2D eigenvalue weighted by Gasteiger charge is -2.13. The quantitative estimate of drug-likeness (QED) is 0.521. The summed E-state index contributed by atoms with van der Waals surface area (Å²) < 4.78 is 5.13. The second-order valence-corrected chi connectivity index (χ2v) is 5.95. The zero-order valence-corrected chi connectivity index (χ0v) is 13.6. The van der Waals surface area contributed by atoms with Gasteiger partial charge in [-0.1, -0.05) is 64.7 Å². The maximum Gasteiger partial charge on any atom is 0.416 e. The Morgan fingerprint density at radius 2 is 1.57 bits per heavy atom. The molecule has 4 nitrogen and oxygen atoms in total. The Labute approximate surface area is 129 Å². The summed E-state index contributed by atoms with van der Waals surface area (Å²) in [5.41, 5.74) is 0. The van der Waals surface area contributed by atoms with Crippen LogP contribution in [0.4, 0.5) is 4.79 Å². The lowest BCUT2D eigenvalue weighted by atomic mass is 10.1. The van der Waals surface area contributed by atoms with Gasteiger partial charge in [-0.15, -0.1) is 0 Å². The molecule has 21 heavy (non-hydrogen) atoms. The van der Waals surface area contributed by atoms with E-state index in [1.807, 2.05) is 0 Å². The first-order chi connectivity index (χ1) is 10.3. The van der Waals surface area contributed by atoms with Gasteiger partial charge in [-0.25, -0.2) is 9.69 Å². The van der Waals surface area contributed by atoms with E-state index >= 15 is 0 Å². The predicted molar refractivity (Wildman–Crippen MR) is 84.1 cm³/mol. The van der Waals surface area contributed by atoms with Gasteiger partial charge in [-0.2, -0.15) is 0 Å². The number of carbonyl (C=O) groups excluding carboxylic acids is 2. The number of likely N-dealkylation sites (tertiary alicyclic amines) is 1. The zero-order chi connectivity index (χ0) is 15.3. The van der Waals surface area contributed by atoms with Crippen LogP contribution in [0.25, 0.3) is 0 Å². The predicted octanol–water partition coefficient (Wildman–Crippen LogP) is 4.67. The van der Waals surface area contributed by atoms with Crippen LogP contribution < -0.4 is 0 Å². The molecule has 0 bridgehead atoms. The molecule has 122 valence electrons. The standard InChI is InChI=1S/C17H31NO3/c1-2-3-4-5-6-7-8-9-10-11-15-21-17(20)18-14-12-13-16(18)19/h2-15H2,1H3. The molecule has 0 unspecified atom stereocenters. The number of ether oxygens (including phenoxy) is 1. The summed E-state index contributed by atoms with van der Waals surface area (Å²) in [4.78, 5) is 24.2. The summed E-state index contributed by atoms with van der Waals surface area (Å²) in [7, 11) is 0. The second-order valence-electron chi connectivity index (χ2n) is 5.95. The van der Waals surface area contributed by atoms with Crippen LogP contribution in [0.15, 0.2) is 0 Å². The van der Waals surface area contributed by atoms with E-state index in [2.05, 4.69) is 6.92 Å². The van der Waals surface area contributed by atoms with Crippen molar-refractivity contribution in [2.24, 2.45) is 0 Å². The third kappa shape index (κ3) is 8.08. The lowest BCUT2D eigenvalue weighted by molar-refractivity contribution is -0.126. The van der Waals surface area contributed by atoms with Crippen molar-refractivity contribution in [1.82, 2.24) is 4.90 Å². The van der Waals surface area contributed by atoms with Crippen LogP contribution in [0.2, 0.25) is 0 Å². The van der Waals surface area contributed by atoms with Crippen LogP contribution in [-0.2, 0) is 9.53 Å². The number of nitrogens with zero attached hydrogens (tertiary/aromatic N) is 1. The maximum atomic E-state index is 11.6. The highest BCUT2D eigenvalue weighted by Crippen LogP contribution is 2.12. The average molecular weight is 297 g/mol. The molecule has 0 aromatic heterocycles. The van der Waals surface area contributed by atoms with Crippen molar-refractivity contribution < 1.29 is 14.3 Å². The molecule has 1 fully saturated rings. The number of carbonyl (C=O) groups is 2. The Bertz CT molecular complexity index is 304. The first kappa shape index (κ1) is 18.0. The van der Waals surface area contributed by atoms with E-state index < -0.39 is 6.09 Å². The van der Waals surface area contributed by atoms with Crippen molar-refractivity contribution in [2.75, 3.05) is 13.2 Å². The van der Waals surface area contributed by atoms with E-state index in [9.17, 15) is 9.59 Å². The van der Waals surface area contributed by atoms with Crippen molar-refractivity contribution in [3.63, 3.8) is 0 Å². The summed E-state index contributed by atoms with van der Waals surface area (Å²) >= 11 is 0. The molecule has 2 amide bonds. The van der Waals surface area contributed by atoms with Gasteiger partial charge in [0.1, 0.15) is 0 Å². The fourth-order valence-corrected chi connectivity index (χ4v) is 2.67. The van der Waals surface area contributed by atoms with Crippen LogP contribution in [-0.4, -0.2) is 30.1 Å². The third-order valence-corrected chi connectivity index (χ3v) is 4.02. The van der Waals surface area contributed by atoms with Gasteiger partial charge in [-0.05, 0) is 12.8 Å². The summed E-state index contributed by atoms with van der Waals surface area (Å²) in [5.74, 6) is -0.0944. The second kappa shape index (κ2) is 11.6. The molecule has 4 heteroatoms. The minimum absolute atomic E-state index is 0.0944. The minimum atomic E-state index is -0.451. The minimum Gasteiger partial charge on any atom is -0.449 e. The Morgan fingerprint density at radius 3 is 2.10 bits per heavy atom. The molecule has 1 saturated heterocycles. The monoisotopic (exact) mass is 297 g/mol. The summed E-state index contributed by atoms with van der Waals surface area (Å²) in [6.07, 6.45) is 13.4. The summed E-state index contributed by atoms with van der Waals surface area (Å²) in [6.45, 7) is 3.21. The molecule has 0 N–H and O–H groups in total. The van der Waals surface area contributed by atoms with E-state index in [1.165, 1.54) is 56.3 Å². The van der Waals surface area contributed by atoms with E-state index in [0.717, 1.165) is 19.3 Å². The Morgan fingerprint density at radius 1 is 1.00 bits per heavy atom. The number of hydrogen-bond acceptors (Lipinski definition) is 3. The van der Waals surface area contributed by atoms with Gasteiger partial charge in [0, 0.05) is 13.0 Å². The van der Waals surface area contributed by atoms with Crippen LogP contribution in [0.1, 0.15) is 84.0 Å². The van der Waals surface area contributed by atoms with E-state index in [0.29, 0.717) is 19.6 Å². The van der Waals surface area contributed by atoms with Crippen molar-refractivity contribution in [1.29, 1.82) is 0 Å². The van der Waals surface area contributed by atoms with Gasteiger partial charge in [0.2, 0.25) is 5.91 Å². The van der Waals surface area contributed by atoms with Crippen LogP contribution in [0.3, 0.4) is 0 Å². The number of hydrogen-bond donors (Lipinski definition) is 0. The zero-order valence-electron chi connectivity index (χ0n) is 13.6. The first-order valence-electron chi connectivity index (χ1n) is 8.73. The molecule has 0 saturated carbocycles. The highest BCUT2D eigenvalue weighted by molar-refractivity contribution is 5.93. The summed E-state index contributed by atoms with van der Waals surface area (Å²) in [6, 6.07) is 0. The molecule has 0 atom stereocenters. The number of unbranched alkanes of at least 4 members (excludes halogenated alkanes) is 9. The topological polar surface area (TPSA) is 46.6 Å². The lowest BCUT2D eigenvalue weighted by Crippen LogP contribution is -2.32. The highest BCUT2D eigenvalue weighted by Gasteiger charge is 2.27. The SMILES string of the molecule is CCCCCCCCCCCCOC(=O)N1CCCC1=O. The normalized spacial score (nSPS) is 14.7. The molecule has 0 spiro atoms. The Balaban J connectivity index is 1.84. The molecule has 1 aliphatic rings. The van der Waals surface area contributed by atoms with Crippen molar-refractivity contribution in [3.8, 4) is 0 Å². The summed E-state index contributed by atoms with van der Waals surface area (Å²) in [5, 5.41) is 0. The van der Waals surface area contributed by atoms with Gasteiger partial charge in [0.05, 0.1) is 6.61 Å². The van der Waals surface area contributed by atoms with Gasteiger partial charge in [-0.3, -0.25) is 4.79 Å². The van der Waals surface area contributed by atoms with E-state index in [4.69, 9.17) is 4.74 Å². The molecule has 0 radical (unpaired) electrons. The average Bonchev–Trinajstić information content (AvgIpc) is 2.91. The molecular formula is C17H31NO3. The number of amides is 2. The fraction of sp³-hybridized carbons (Fsp3) is 0.882. The molecule has 0 aromatic rings. The van der Waals surface area contributed by atoms with Crippen molar-refractivity contribution >= 4 is 12.0 Å². The van der Waals surface area contributed by atoms with E-state index in [1.54, 1.807) is 0 Å². The molecule has 0 aliphatic carbocycles. The van der Waals surface area contributed by atoms with Crippen LogP contribution >= 0.6 is 0 Å². The highest BCUT2D eigenvalue weighted by atomic mass is 16.6. The van der Waals surface area contributed by atoms with Gasteiger partial charge >= 0.3 is 6.09 Å². The number of imide groups is 1. The Kier molecular flexibility index (Phi) is 9.92. The smallest absolute Gasteiger partial charge is 0.416 e. The van der Waals surface area contributed by atoms with Crippen molar-refractivity contribution in [2.45, 2.75) is 84.0 Å². The largest absolute Gasteiger partial charge is 0.449 e. The molecule has 1 rings (SSSR count). The van der Waals surface area contributed by atoms with Crippen molar-refractivity contribution in [3.05, 3.63) is 0 Å². The van der Waals surface area contributed by atoms with E-state index in [-0.39, 0.29) is 5.91 Å². The van der Waals surface area contributed by atoms with Gasteiger partial charge in [0.25, 0.3) is 0 Å². The van der Waals surface area contributed by atoms with Gasteiger partial charge < -0.3 is 4.74 Å². The third-order valence-electron chi connectivity index (χ3n) is 4.02. The molecule has 1 aliphatic heterocycles. The fourth-order valence-electron chi connectivity index (χ4n) is 2.67. The Hall–Kier alpha value is -1.06.